The normalized spacial score (nSPS) is 13.0. The number of likely N-dealkylation sites (N-methyl/N-ethyl adjacent to an activating group) is 1. The van der Waals surface area contributed by atoms with Crippen molar-refractivity contribution >= 4 is 5.91 Å². The van der Waals surface area contributed by atoms with Gasteiger partial charge in [-0.2, -0.15) is 0 Å². The summed E-state index contributed by atoms with van der Waals surface area (Å²) < 4.78 is 4.87. The van der Waals surface area contributed by atoms with E-state index in [2.05, 4.69) is 17.1 Å². The molecular weight excluding hydrogens is 168 g/mol. The Labute approximate surface area is 80.2 Å². The van der Waals surface area contributed by atoms with Gasteiger partial charge in [-0.15, -0.1) is 0 Å². The summed E-state index contributed by atoms with van der Waals surface area (Å²) in [5.41, 5.74) is 0. The molecule has 4 nitrogen and oxygen atoms in total. The van der Waals surface area contributed by atoms with Crippen molar-refractivity contribution in [3.8, 4) is 0 Å². The third-order valence-electron chi connectivity index (χ3n) is 2.06. The van der Waals surface area contributed by atoms with Gasteiger partial charge in [-0.05, 0) is 20.5 Å². The van der Waals surface area contributed by atoms with Gasteiger partial charge in [0, 0.05) is 20.2 Å². The summed E-state index contributed by atoms with van der Waals surface area (Å²) in [4.78, 5) is 13.3. The van der Waals surface area contributed by atoms with Crippen LogP contribution in [-0.4, -0.2) is 50.7 Å². The highest BCUT2D eigenvalue weighted by molar-refractivity contribution is 5.80. The average molecular weight is 188 g/mol. The summed E-state index contributed by atoms with van der Waals surface area (Å²) in [6, 6.07) is 0. The number of nitrogens with one attached hydrogen (secondary N) is 1. The first kappa shape index (κ1) is 12.4. The lowest BCUT2D eigenvalue weighted by molar-refractivity contribution is -0.130. The van der Waals surface area contributed by atoms with Gasteiger partial charge in [0.1, 0.15) is 6.10 Å². The van der Waals surface area contributed by atoms with Crippen molar-refractivity contribution in [3.63, 3.8) is 0 Å². The standard InChI is InChI=1S/C9H20N2O2/c1-5-11(3)7-6-10-9(12)8(2)13-4/h8H,5-7H2,1-4H3,(H,10,12). The van der Waals surface area contributed by atoms with E-state index in [1.165, 1.54) is 7.11 Å². The van der Waals surface area contributed by atoms with E-state index in [0.29, 0.717) is 6.54 Å². The van der Waals surface area contributed by atoms with Gasteiger partial charge in [0.25, 0.3) is 0 Å². The van der Waals surface area contributed by atoms with Crippen molar-refractivity contribution in [2.75, 3.05) is 33.8 Å². The van der Waals surface area contributed by atoms with Crippen LogP contribution in [0.1, 0.15) is 13.8 Å². The second-order valence-corrected chi connectivity index (χ2v) is 3.06. The van der Waals surface area contributed by atoms with Crippen molar-refractivity contribution in [1.82, 2.24) is 10.2 Å². The summed E-state index contributed by atoms with van der Waals surface area (Å²) in [5, 5.41) is 2.79. The zero-order valence-electron chi connectivity index (χ0n) is 8.96. The van der Waals surface area contributed by atoms with E-state index in [1.54, 1.807) is 6.92 Å². The Balaban J connectivity index is 3.47. The first-order valence-electron chi connectivity index (χ1n) is 4.60. The second kappa shape index (κ2) is 6.86. The topological polar surface area (TPSA) is 41.6 Å². The fraction of sp³-hybridized carbons (Fsp3) is 0.889. The van der Waals surface area contributed by atoms with Gasteiger partial charge < -0.3 is 15.0 Å². The Morgan fingerprint density at radius 3 is 2.69 bits per heavy atom. The monoisotopic (exact) mass is 188 g/mol. The number of carbonyl (C=O) groups excluding carboxylic acids is 1. The second-order valence-electron chi connectivity index (χ2n) is 3.06. The first-order chi connectivity index (χ1) is 6.11. The number of carbonyl (C=O) groups is 1. The molecule has 0 saturated carbocycles. The van der Waals surface area contributed by atoms with Gasteiger partial charge in [-0.25, -0.2) is 0 Å². The van der Waals surface area contributed by atoms with E-state index < -0.39 is 0 Å². The molecule has 0 radical (unpaired) electrons. The van der Waals surface area contributed by atoms with E-state index in [-0.39, 0.29) is 12.0 Å². The van der Waals surface area contributed by atoms with Crippen LogP contribution in [0.15, 0.2) is 0 Å². The molecule has 1 atom stereocenters. The number of hydrogen-bond donors (Lipinski definition) is 1. The van der Waals surface area contributed by atoms with Crippen LogP contribution in [0.25, 0.3) is 0 Å². The van der Waals surface area contributed by atoms with Gasteiger partial charge in [-0.1, -0.05) is 6.92 Å². The minimum absolute atomic E-state index is 0.0491. The molecule has 0 bridgehead atoms. The molecule has 0 spiro atoms. The third kappa shape index (κ3) is 5.60. The molecule has 78 valence electrons. The summed E-state index contributed by atoms with van der Waals surface area (Å²) in [6.07, 6.45) is -0.355. The van der Waals surface area contributed by atoms with Crippen LogP contribution in [0.3, 0.4) is 0 Å². The molecule has 1 unspecified atom stereocenters. The molecule has 1 N–H and O–H groups in total. The molecule has 1 amide bonds. The minimum atomic E-state index is -0.355. The molecule has 4 heteroatoms. The van der Waals surface area contributed by atoms with Gasteiger partial charge in [0.15, 0.2) is 0 Å². The molecule has 0 aromatic carbocycles. The molecule has 0 heterocycles. The Morgan fingerprint density at radius 2 is 2.23 bits per heavy atom. The molecule has 0 fully saturated rings. The number of nitrogens with zero attached hydrogens (tertiary/aromatic N) is 1. The lowest BCUT2D eigenvalue weighted by Crippen LogP contribution is -2.38. The van der Waals surface area contributed by atoms with Crippen molar-refractivity contribution in [3.05, 3.63) is 0 Å². The van der Waals surface area contributed by atoms with Crippen molar-refractivity contribution < 1.29 is 9.53 Å². The lowest BCUT2D eigenvalue weighted by Gasteiger charge is -2.15. The molecule has 0 aliphatic rings. The van der Waals surface area contributed by atoms with Crippen LogP contribution in [-0.2, 0) is 9.53 Å². The van der Waals surface area contributed by atoms with Crippen LogP contribution in [0.2, 0.25) is 0 Å². The fourth-order valence-corrected chi connectivity index (χ4v) is 0.779. The van der Waals surface area contributed by atoms with Gasteiger partial charge in [0.05, 0.1) is 0 Å². The highest BCUT2D eigenvalue weighted by atomic mass is 16.5. The molecule has 13 heavy (non-hydrogen) atoms. The average Bonchev–Trinajstić information content (AvgIpc) is 2.15. The number of ether oxygens (including phenoxy) is 1. The van der Waals surface area contributed by atoms with Crippen LogP contribution in [0.5, 0.6) is 0 Å². The molecule has 0 aromatic heterocycles. The Bertz CT molecular complexity index is 151. The van der Waals surface area contributed by atoms with Crippen LogP contribution in [0.4, 0.5) is 0 Å². The van der Waals surface area contributed by atoms with E-state index >= 15 is 0 Å². The number of amides is 1. The number of methoxy groups -OCH3 is 1. The van der Waals surface area contributed by atoms with Gasteiger partial charge in [-0.3, -0.25) is 4.79 Å². The maximum absolute atomic E-state index is 11.2. The lowest BCUT2D eigenvalue weighted by atomic mass is 10.4. The van der Waals surface area contributed by atoms with Gasteiger partial charge in [0.2, 0.25) is 5.91 Å². The molecule has 0 aromatic rings. The van der Waals surface area contributed by atoms with Crippen LogP contribution in [0, 0.1) is 0 Å². The van der Waals surface area contributed by atoms with Crippen molar-refractivity contribution in [1.29, 1.82) is 0 Å². The molecule has 0 aliphatic heterocycles. The Kier molecular flexibility index (Phi) is 6.54. The summed E-state index contributed by atoms with van der Waals surface area (Å²) in [7, 11) is 3.55. The molecule has 0 aliphatic carbocycles. The minimum Gasteiger partial charge on any atom is -0.372 e. The highest BCUT2D eigenvalue weighted by Crippen LogP contribution is 1.86. The zero-order valence-corrected chi connectivity index (χ0v) is 8.96. The predicted octanol–water partition coefficient (Wildman–Crippen LogP) is 0.0892. The Hall–Kier alpha value is -0.610. The first-order valence-corrected chi connectivity index (χ1v) is 4.60. The summed E-state index contributed by atoms with van der Waals surface area (Å²) >= 11 is 0. The van der Waals surface area contributed by atoms with Gasteiger partial charge >= 0.3 is 0 Å². The zero-order chi connectivity index (χ0) is 10.3. The van der Waals surface area contributed by atoms with Crippen molar-refractivity contribution in [2.24, 2.45) is 0 Å². The van der Waals surface area contributed by atoms with Crippen LogP contribution < -0.4 is 5.32 Å². The fourth-order valence-electron chi connectivity index (χ4n) is 0.779. The van der Waals surface area contributed by atoms with E-state index in [9.17, 15) is 4.79 Å². The molecule has 0 rings (SSSR count). The summed E-state index contributed by atoms with van der Waals surface area (Å²) in [5.74, 6) is -0.0491. The Morgan fingerprint density at radius 1 is 1.62 bits per heavy atom. The quantitative estimate of drug-likeness (QED) is 0.642. The van der Waals surface area contributed by atoms with E-state index in [0.717, 1.165) is 13.1 Å². The smallest absolute Gasteiger partial charge is 0.248 e. The maximum Gasteiger partial charge on any atom is 0.248 e. The van der Waals surface area contributed by atoms with Crippen molar-refractivity contribution in [2.45, 2.75) is 20.0 Å². The number of rotatable bonds is 6. The largest absolute Gasteiger partial charge is 0.372 e. The van der Waals surface area contributed by atoms with E-state index in [4.69, 9.17) is 4.74 Å². The molecule has 0 saturated heterocycles. The summed E-state index contributed by atoms with van der Waals surface area (Å²) in [6.45, 7) is 6.36. The maximum atomic E-state index is 11.2. The molecular formula is C9H20N2O2. The SMILES string of the molecule is CCN(C)CCNC(=O)C(C)OC. The highest BCUT2D eigenvalue weighted by Gasteiger charge is 2.09. The predicted molar refractivity (Wildman–Crippen MR) is 52.7 cm³/mol. The third-order valence-corrected chi connectivity index (χ3v) is 2.06. The van der Waals surface area contributed by atoms with Crippen LogP contribution >= 0.6 is 0 Å². The number of hydrogen-bond acceptors (Lipinski definition) is 3. The van der Waals surface area contributed by atoms with E-state index in [1.807, 2.05) is 7.05 Å².